The minimum atomic E-state index is -0.0114. The molecule has 0 aliphatic rings. The maximum Gasteiger partial charge on any atom is 0.203 e. The molecule has 0 atom stereocenters. The first-order valence-electron chi connectivity index (χ1n) is 4.93. The molecule has 2 aromatic rings. The van der Waals surface area contributed by atoms with E-state index in [0.717, 1.165) is 10.8 Å². The van der Waals surface area contributed by atoms with E-state index in [0.29, 0.717) is 5.82 Å². The summed E-state index contributed by atoms with van der Waals surface area (Å²) >= 11 is 1.34. The Kier molecular flexibility index (Phi) is 2.82. The molecule has 0 radical (unpaired) electrons. The largest absolute Gasteiger partial charge is 0.356 e. The molecular weight excluding hydrogens is 222 g/mol. The van der Waals surface area contributed by atoms with E-state index in [4.69, 9.17) is 0 Å². The summed E-state index contributed by atoms with van der Waals surface area (Å²) in [6.45, 7) is 6.25. The van der Waals surface area contributed by atoms with Gasteiger partial charge in [-0.2, -0.15) is 9.36 Å². The summed E-state index contributed by atoms with van der Waals surface area (Å²) in [5.74, 6) is 0.638. The highest BCUT2D eigenvalue weighted by Gasteiger charge is 2.13. The smallest absolute Gasteiger partial charge is 0.203 e. The quantitative estimate of drug-likeness (QED) is 0.864. The zero-order valence-electron chi connectivity index (χ0n) is 9.43. The van der Waals surface area contributed by atoms with Crippen molar-refractivity contribution in [2.45, 2.75) is 26.3 Å². The van der Waals surface area contributed by atoms with Crippen molar-refractivity contribution in [1.29, 1.82) is 0 Å². The first-order chi connectivity index (χ1) is 7.54. The van der Waals surface area contributed by atoms with Crippen molar-refractivity contribution in [2.75, 3.05) is 5.32 Å². The topological polar surface area (TPSA) is 63.6 Å². The van der Waals surface area contributed by atoms with Gasteiger partial charge in [0, 0.05) is 23.3 Å². The summed E-state index contributed by atoms with van der Waals surface area (Å²) in [4.78, 5) is 12.3. The Morgan fingerprint density at radius 3 is 2.75 bits per heavy atom. The highest BCUT2D eigenvalue weighted by Crippen LogP contribution is 2.21. The van der Waals surface area contributed by atoms with E-state index in [1.54, 1.807) is 12.3 Å². The molecule has 2 rings (SSSR count). The molecule has 0 bridgehead atoms. The Morgan fingerprint density at radius 2 is 2.12 bits per heavy atom. The molecule has 1 N–H and O–H groups in total. The van der Waals surface area contributed by atoms with Crippen molar-refractivity contribution < 1.29 is 0 Å². The van der Waals surface area contributed by atoms with E-state index >= 15 is 0 Å². The number of anilines is 1. The summed E-state index contributed by atoms with van der Waals surface area (Å²) < 4.78 is 4.25. The minimum absolute atomic E-state index is 0.0114. The van der Waals surface area contributed by atoms with Crippen LogP contribution in [0.15, 0.2) is 18.6 Å². The van der Waals surface area contributed by atoms with Crippen LogP contribution in [0, 0.1) is 0 Å². The second-order valence-corrected chi connectivity index (χ2v) is 5.14. The zero-order valence-corrected chi connectivity index (χ0v) is 10.2. The number of nitrogens with zero attached hydrogens (tertiary/aromatic N) is 4. The van der Waals surface area contributed by atoms with Crippen LogP contribution in [0.4, 0.5) is 5.13 Å². The van der Waals surface area contributed by atoms with Crippen molar-refractivity contribution in [3.05, 3.63) is 18.6 Å². The van der Waals surface area contributed by atoms with Gasteiger partial charge in [-0.05, 0) is 26.8 Å². The van der Waals surface area contributed by atoms with Crippen LogP contribution >= 0.6 is 11.5 Å². The van der Waals surface area contributed by atoms with Crippen LogP contribution in [0.2, 0.25) is 0 Å². The molecule has 0 spiro atoms. The second kappa shape index (κ2) is 4.13. The van der Waals surface area contributed by atoms with Gasteiger partial charge in [0.05, 0.1) is 0 Å². The molecule has 0 saturated heterocycles. The first-order valence-corrected chi connectivity index (χ1v) is 5.70. The third-order valence-electron chi connectivity index (χ3n) is 1.72. The van der Waals surface area contributed by atoms with Gasteiger partial charge >= 0.3 is 0 Å². The molecule has 2 heterocycles. The van der Waals surface area contributed by atoms with Gasteiger partial charge in [-0.1, -0.05) is 0 Å². The fourth-order valence-electron chi connectivity index (χ4n) is 1.12. The molecule has 0 unspecified atom stereocenters. The predicted molar refractivity (Wildman–Crippen MR) is 64.3 cm³/mol. The van der Waals surface area contributed by atoms with Crippen molar-refractivity contribution >= 4 is 16.7 Å². The van der Waals surface area contributed by atoms with Crippen LogP contribution in [-0.2, 0) is 0 Å². The van der Waals surface area contributed by atoms with Crippen LogP contribution in [0.5, 0.6) is 0 Å². The van der Waals surface area contributed by atoms with Gasteiger partial charge in [0.25, 0.3) is 0 Å². The monoisotopic (exact) mass is 235 g/mol. The third-order valence-corrected chi connectivity index (χ3v) is 2.35. The van der Waals surface area contributed by atoms with Crippen LogP contribution in [0.1, 0.15) is 20.8 Å². The molecule has 0 aromatic carbocycles. The molecular formula is C10H13N5S. The van der Waals surface area contributed by atoms with Gasteiger partial charge in [0.15, 0.2) is 5.82 Å². The average molecular weight is 235 g/mol. The summed E-state index contributed by atoms with van der Waals surface area (Å²) in [5, 5.41) is 4.08. The van der Waals surface area contributed by atoms with Gasteiger partial charge < -0.3 is 5.32 Å². The van der Waals surface area contributed by atoms with Crippen LogP contribution in [0.3, 0.4) is 0 Å². The molecule has 0 fully saturated rings. The lowest BCUT2D eigenvalue weighted by Crippen LogP contribution is -2.25. The Bertz CT molecular complexity index is 460. The Balaban J connectivity index is 2.21. The summed E-state index contributed by atoms with van der Waals surface area (Å²) in [6.07, 6.45) is 3.17. The lowest BCUT2D eigenvalue weighted by atomic mass is 10.1. The second-order valence-electron chi connectivity index (χ2n) is 4.39. The predicted octanol–water partition coefficient (Wildman–Crippen LogP) is 2.21. The molecule has 2 aromatic heterocycles. The Hall–Kier alpha value is -1.56. The fourth-order valence-corrected chi connectivity index (χ4v) is 1.91. The van der Waals surface area contributed by atoms with E-state index in [9.17, 15) is 0 Å². The van der Waals surface area contributed by atoms with Gasteiger partial charge in [-0.25, -0.2) is 9.97 Å². The molecule has 0 aliphatic heterocycles. The number of hydrogen-bond acceptors (Lipinski definition) is 6. The van der Waals surface area contributed by atoms with Crippen LogP contribution < -0.4 is 5.32 Å². The third kappa shape index (κ3) is 2.73. The first kappa shape index (κ1) is 10.9. The Labute approximate surface area is 98.2 Å². The van der Waals surface area contributed by atoms with E-state index in [1.807, 2.05) is 0 Å². The fraction of sp³-hybridized carbons (Fsp3) is 0.400. The van der Waals surface area contributed by atoms with E-state index in [2.05, 4.69) is 45.4 Å². The van der Waals surface area contributed by atoms with E-state index in [-0.39, 0.29) is 5.54 Å². The van der Waals surface area contributed by atoms with Crippen molar-refractivity contribution in [3.8, 4) is 11.5 Å². The summed E-state index contributed by atoms with van der Waals surface area (Å²) in [5.41, 5.74) is 0.732. The maximum atomic E-state index is 4.37. The molecule has 0 amide bonds. The van der Waals surface area contributed by atoms with Crippen molar-refractivity contribution in [2.24, 2.45) is 0 Å². The van der Waals surface area contributed by atoms with Crippen LogP contribution in [-0.4, -0.2) is 24.9 Å². The van der Waals surface area contributed by atoms with E-state index in [1.165, 1.54) is 17.9 Å². The van der Waals surface area contributed by atoms with E-state index < -0.39 is 0 Å². The SMILES string of the molecule is CC(C)(C)Nc1nc(-c2ccncn2)ns1. The minimum Gasteiger partial charge on any atom is -0.356 e. The van der Waals surface area contributed by atoms with Crippen molar-refractivity contribution in [3.63, 3.8) is 0 Å². The number of rotatable bonds is 2. The summed E-state index contributed by atoms with van der Waals surface area (Å²) in [7, 11) is 0. The maximum absolute atomic E-state index is 4.37. The van der Waals surface area contributed by atoms with Gasteiger partial charge in [-0.15, -0.1) is 0 Å². The summed E-state index contributed by atoms with van der Waals surface area (Å²) in [6, 6.07) is 1.79. The standard InChI is InChI=1S/C10H13N5S/c1-10(2,3)14-9-13-8(15-16-9)7-4-5-11-6-12-7/h4-6H,1-3H3,(H,13,14,15). The number of aromatic nitrogens is 4. The lowest BCUT2D eigenvalue weighted by Gasteiger charge is -2.18. The molecule has 0 aliphatic carbocycles. The number of nitrogens with one attached hydrogen (secondary N) is 1. The molecule has 84 valence electrons. The van der Waals surface area contributed by atoms with Gasteiger partial charge in [0.1, 0.15) is 12.0 Å². The molecule has 5 nitrogen and oxygen atoms in total. The van der Waals surface area contributed by atoms with Crippen LogP contribution in [0.25, 0.3) is 11.5 Å². The Morgan fingerprint density at radius 1 is 1.31 bits per heavy atom. The average Bonchev–Trinajstić information content (AvgIpc) is 2.65. The van der Waals surface area contributed by atoms with Gasteiger partial charge in [0.2, 0.25) is 5.13 Å². The molecule has 16 heavy (non-hydrogen) atoms. The molecule has 0 saturated carbocycles. The zero-order chi connectivity index (χ0) is 11.6. The number of hydrogen-bond donors (Lipinski definition) is 1. The molecule has 6 heteroatoms. The highest BCUT2D eigenvalue weighted by molar-refractivity contribution is 7.09. The lowest BCUT2D eigenvalue weighted by molar-refractivity contribution is 0.633. The van der Waals surface area contributed by atoms with Gasteiger partial charge in [-0.3, -0.25) is 0 Å². The van der Waals surface area contributed by atoms with Crippen molar-refractivity contribution in [1.82, 2.24) is 19.3 Å². The highest BCUT2D eigenvalue weighted by atomic mass is 32.1. The normalized spacial score (nSPS) is 11.4.